The van der Waals surface area contributed by atoms with E-state index < -0.39 is 75.0 Å². The third kappa shape index (κ3) is 4.90. The number of alkyl halides is 4. The fourth-order valence-corrected chi connectivity index (χ4v) is 4.29. The fourth-order valence-electron chi connectivity index (χ4n) is 3.71. The van der Waals surface area contributed by atoms with Gasteiger partial charge < -0.3 is 9.47 Å². The molecule has 0 saturated heterocycles. The van der Waals surface area contributed by atoms with Gasteiger partial charge >= 0.3 is 33.2 Å². The van der Waals surface area contributed by atoms with Gasteiger partial charge in [0.25, 0.3) is 0 Å². The maximum Gasteiger partial charge on any atom is 0.432 e. The van der Waals surface area contributed by atoms with E-state index in [1.54, 1.807) is 13.8 Å². The van der Waals surface area contributed by atoms with Crippen molar-refractivity contribution >= 4 is 22.1 Å². The van der Waals surface area contributed by atoms with Crippen LogP contribution in [-0.4, -0.2) is 48.3 Å². The summed E-state index contributed by atoms with van der Waals surface area (Å²) < 4.78 is 98.4. The molecule has 7 nitrogen and oxygen atoms in total. The summed E-state index contributed by atoms with van der Waals surface area (Å²) in [6, 6.07) is 0. The summed E-state index contributed by atoms with van der Waals surface area (Å²) in [7, 11) is -6.47. The maximum absolute atomic E-state index is 14.8. The van der Waals surface area contributed by atoms with E-state index in [1.165, 1.54) is 13.8 Å². The molecule has 0 aromatic heterocycles. The summed E-state index contributed by atoms with van der Waals surface area (Å²) in [4.78, 5) is 24.8. The normalized spacial score (nSPS) is 23.7. The van der Waals surface area contributed by atoms with Crippen molar-refractivity contribution in [3.8, 4) is 0 Å². The van der Waals surface area contributed by atoms with Crippen LogP contribution in [-0.2, 0) is 29.2 Å². The standard InChI is InChI=1S/C18H28F4O7S/c1-9(2)28-14(23)11-7-12(15(24)29-10(3)4)13(8-11)16(5,6)17(19,20)18(21,22)30(25,26)27/h9-13H,7-8H2,1-6H3,(H,25,26,27). The van der Waals surface area contributed by atoms with Crippen LogP contribution >= 0.6 is 0 Å². The lowest BCUT2D eigenvalue weighted by molar-refractivity contribution is -0.240. The van der Waals surface area contributed by atoms with Crippen LogP contribution in [0.4, 0.5) is 17.6 Å². The molecule has 0 amide bonds. The largest absolute Gasteiger partial charge is 0.463 e. The van der Waals surface area contributed by atoms with E-state index in [0.29, 0.717) is 13.8 Å². The molecular formula is C18H28F4O7S. The van der Waals surface area contributed by atoms with Gasteiger partial charge in [0.05, 0.1) is 24.0 Å². The molecule has 1 N–H and O–H groups in total. The second-order valence-electron chi connectivity index (χ2n) is 8.64. The highest BCUT2D eigenvalue weighted by Gasteiger charge is 2.74. The Bertz CT molecular complexity index is 762. The molecule has 0 bridgehead atoms. The number of carbonyl (C=O) groups is 2. The Morgan fingerprint density at radius 2 is 1.37 bits per heavy atom. The van der Waals surface area contributed by atoms with E-state index in [2.05, 4.69) is 0 Å². The summed E-state index contributed by atoms with van der Waals surface area (Å²) in [5.74, 6) is -11.0. The quantitative estimate of drug-likeness (QED) is 0.332. The lowest BCUT2D eigenvalue weighted by atomic mass is 9.69. The van der Waals surface area contributed by atoms with Crippen molar-refractivity contribution < 1.29 is 49.6 Å². The molecule has 1 aliphatic carbocycles. The summed E-state index contributed by atoms with van der Waals surface area (Å²) in [6.45, 7) is 7.45. The van der Waals surface area contributed by atoms with Crippen molar-refractivity contribution in [3.05, 3.63) is 0 Å². The van der Waals surface area contributed by atoms with Gasteiger partial charge in [-0.25, -0.2) is 0 Å². The number of ether oxygens (including phenoxy) is 2. The number of hydrogen-bond donors (Lipinski definition) is 1. The molecule has 176 valence electrons. The molecule has 1 saturated carbocycles. The molecule has 0 aromatic carbocycles. The van der Waals surface area contributed by atoms with Gasteiger partial charge in [-0.1, -0.05) is 13.8 Å². The summed E-state index contributed by atoms with van der Waals surface area (Å²) in [6.07, 6.45) is -1.87. The molecule has 1 rings (SSSR count). The minimum Gasteiger partial charge on any atom is -0.463 e. The lowest BCUT2D eigenvalue weighted by Gasteiger charge is -2.43. The number of halogens is 4. The zero-order valence-corrected chi connectivity index (χ0v) is 18.4. The van der Waals surface area contributed by atoms with Crippen molar-refractivity contribution in [2.75, 3.05) is 0 Å². The Morgan fingerprint density at radius 1 is 0.933 bits per heavy atom. The predicted octanol–water partition coefficient (Wildman–Crippen LogP) is 3.67. The topological polar surface area (TPSA) is 107 Å². The van der Waals surface area contributed by atoms with Gasteiger partial charge in [-0.05, 0) is 46.5 Å². The van der Waals surface area contributed by atoms with Crippen molar-refractivity contribution in [3.63, 3.8) is 0 Å². The minimum absolute atomic E-state index is 0.279. The zero-order chi connectivity index (χ0) is 23.9. The molecule has 0 aromatic rings. The van der Waals surface area contributed by atoms with E-state index in [-0.39, 0.29) is 6.42 Å². The first-order valence-corrected chi connectivity index (χ1v) is 10.8. The highest BCUT2D eigenvalue weighted by Crippen LogP contribution is 2.58. The average molecular weight is 464 g/mol. The Kier molecular flexibility index (Phi) is 7.63. The third-order valence-corrected chi connectivity index (χ3v) is 6.23. The Morgan fingerprint density at radius 3 is 1.77 bits per heavy atom. The Balaban J connectivity index is 3.42. The number of rotatable bonds is 8. The molecule has 0 aliphatic heterocycles. The minimum atomic E-state index is -6.47. The van der Waals surface area contributed by atoms with E-state index in [0.717, 1.165) is 0 Å². The molecule has 30 heavy (non-hydrogen) atoms. The van der Waals surface area contributed by atoms with Gasteiger partial charge in [-0.15, -0.1) is 0 Å². The van der Waals surface area contributed by atoms with Crippen molar-refractivity contribution in [2.45, 2.75) is 77.8 Å². The molecule has 3 atom stereocenters. The average Bonchev–Trinajstić information content (AvgIpc) is 2.98. The van der Waals surface area contributed by atoms with E-state index in [9.17, 15) is 35.6 Å². The highest BCUT2D eigenvalue weighted by atomic mass is 32.2. The van der Waals surface area contributed by atoms with Crippen LogP contribution in [0.5, 0.6) is 0 Å². The SMILES string of the molecule is CC(C)OC(=O)C1CC(C(=O)OC(C)C)C(C(C)(C)C(F)(F)C(F)(F)S(=O)(=O)O)C1. The number of esters is 2. The predicted molar refractivity (Wildman–Crippen MR) is 97.4 cm³/mol. The lowest BCUT2D eigenvalue weighted by Crippen LogP contribution is -2.58. The van der Waals surface area contributed by atoms with E-state index in [4.69, 9.17) is 14.0 Å². The van der Waals surface area contributed by atoms with Crippen LogP contribution in [0.15, 0.2) is 0 Å². The van der Waals surface area contributed by atoms with Gasteiger partial charge in [0.2, 0.25) is 0 Å². The van der Waals surface area contributed by atoms with Crippen molar-refractivity contribution in [1.29, 1.82) is 0 Å². The summed E-state index contributed by atoms with van der Waals surface area (Å²) in [5, 5.41) is -5.81. The van der Waals surface area contributed by atoms with Gasteiger partial charge in [-0.2, -0.15) is 26.0 Å². The summed E-state index contributed by atoms with van der Waals surface area (Å²) >= 11 is 0. The first-order chi connectivity index (χ1) is 13.3. The first kappa shape index (κ1) is 26.6. The second-order valence-corrected chi connectivity index (χ2v) is 10.1. The molecule has 3 unspecified atom stereocenters. The van der Waals surface area contributed by atoms with Gasteiger partial charge in [0.15, 0.2) is 0 Å². The third-order valence-electron chi connectivity index (χ3n) is 5.33. The van der Waals surface area contributed by atoms with E-state index in [1.807, 2.05) is 0 Å². The van der Waals surface area contributed by atoms with Crippen LogP contribution in [0.25, 0.3) is 0 Å². The monoisotopic (exact) mass is 464 g/mol. The van der Waals surface area contributed by atoms with Gasteiger partial charge in [0.1, 0.15) is 0 Å². The number of carbonyl (C=O) groups excluding carboxylic acids is 2. The molecule has 1 fully saturated rings. The van der Waals surface area contributed by atoms with Gasteiger partial charge in [-0.3, -0.25) is 14.1 Å². The van der Waals surface area contributed by atoms with Crippen LogP contribution in [0.2, 0.25) is 0 Å². The molecule has 0 spiro atoms. The molecular weight excluding hydrogens is 436 g/mol. The number of hydrogen-bond acceptors (Lipinski definition) is 6. The van der Waals surface area contributed by atoms with Crippen LogP contribution in [0, 0.1) is 23.2 Å². The summed E-state index contributed by atoms with van der Waals surface area (Å²) in [5.41, 5.74) is -2.82. The Labute approximate surface area is 173 Å². The molecule has 0 radical (unpaired) electrons. The van der Waals surface area contributed by atoms with Crippen LogP contribution < -0.4 is 0 Å². The van der Waals surface area contributed by atoms with Crippen molar-refractivity contribution in [2.24, 2.45) is 23.2 Å². The van der Waals surface area contributed by atoms with Gasteiger partial charge in [0, 0.05) is 5.41 Å². The first-order valence-electron chi connectivity index (χ1n) is 9.41. The molecule has 0 heterocycles. The second kappa shape index (κ2) is 8.60. The maximum atomic E-state index is 14.8. The van der Waals surface area contributed by atoms with E-state index >= 15 is 0 Å². The Hall–Kier alpha value is -1.43. The zero-order valence-electron chi connectivity index (χ0n) is 17.6. The van der Waals surface area contributed by atoms with Crippen molar-refractivity contribution in [1.82, 2.24) is 0 Å². The van der Waals surface area contributed by atoms with Crippen LogP contribution in [0.1, 0.15) is 54.4 Å². The molecule has 1 aliphatic rings. The molecule has 12 heteroatoms. The fraction of sp³-hybridized carbons (Fsp3) is 0.889. The van der Waals surface area contributed by atoms with Crippen LogP contribution in [0.3, 0.4) is 0 Å². The smallest absolute Gasteiger partial charge is 0.432 e. The highest BCUT2D eigenvalue weighted by molar-refractivity contribution is 7.87.